The SMILES string of the molecule is O=CC(Br)c1snc(Cl)c1Cl. The largest absolute Gasteiger partial charge is 0.302 e. The van der Waals surface area contributed by atoms with Crippen LogP contribution in [0.1, 0.15) is 9.70 Å². The Kier molecular flexibility index (Phi) is 3.30. The predicted octanol–water partition coefficient (Wildman–Crippen LogP) is 3.08. The fraction of sp³-hybridized carbons (Fsp3) is 0.200. The van der Waals surface area contributed by atoms with Gasteiger partial charge in [0.25, 0.3) is 0 Å². The van der Waals surface area contributed by atoms with Crippen molar-refractivity contribution in [3.05, 3.63) is 15.1 Å². The lowest BCUT2D eigenvalue weighted by molar-refractivity contribution is -0.107. The van der Waals surface area contributed by atoms with Crippen LogP contribution in [0.15, 0.2) is 0 Å². The highest BCUT2D eigenvalue weighted by Gasteiger charge is 2.16. The Hall–Kier alpha value is 0.360. The van der Waals surface area contributed by atoms with Gasteiger partial charge in [-0.2, -0.15) is 4.37 Å². The third-order valence-electron chi connectivity index (χ3n) is 0.992. The molecule has 0 fully saturated rings. The zero-order valence-corrected chi connectivity index (χ0v) is 8.97. The number of carbonyl (C=O) groups is 1. The summed E-state index contributed by atoms with van der Waals surface area (Å²) >= 11 is 15.5. The number of hydrogen-bond acceptors (Lipinski definition) is 3. The van der Waals surface area contributed by atoms with Crippen LogP contribution in [-0.2, 0) is 4.79 Å². The van der Waals surface area contributed by atoms with E-state index in [-0.39, 0.29) is 5.15 Å². The van der Waals surface area contributed by atoms with E-state index >= 15 is 0 Å². The van der Waals surface area contributed by atoms with E-state index in [2.05, 4.69) is 20.3 Å². The molecule has 1 unspecified atom stereocenters. The number of aromatic nitrogens is 1. The Morgan fingerprint density at radius 1 is 1.64 bits per heavy atom. The van der Waals surface area contributed by atoms with Crippen molar-refractivity contribution < 1.29 is 4.79 Å². The zero-order chi connectivity index (χ0) is 8.43. The second kappa shape index (κ2) is 3.85. The van der Waals surface area contributed by atoms with Crippen molar-refractivity contribution in [2.75, 3.05) is 0 Å². The molecule has 0 aromatic carbocycles. The highest BCUT2D eigenvalue weighted by Crippen LogP contribution is 2.35. The summed E-state index contributed by atoms with van der Waals surface area (Å²) in [5.74, 6) is 0. The minimum atomic E-state index is -0.403. The molecule has 0 saturated carbocycles. The predicted molar refractivity (Wildman–Crippen MR) is 49.9 cm³/mol. The van der Waals surface area contributed by atoms with Crippen LogP contribution in [0.4, 0.5) is 0 Å². The Morgan fingerprint density at radius 2 is 2.27 bits per heavy atom. The summed E-state index contributed by atoms with van der Waals surface area (Å²) in [6.07, 6.45) is 0.732. The molecule has 1 heterocycles. The summed E-state index contributed by atoms with van der Waals surface area (Å²) in [7, 11) is 0. The van der Waals surface area contributed by atoms with E-state index in [9.17, 15) is 4.79 Å². The molecular weight excluding hydrogens is 273 g/mol. The lowest BCUT2D eigenvalue weighted by Gasteiger charge is -1.94. The third-order valence-corrected chi connectivity index (χ3v) is 3.86. The monoisotopic (exact) mass is 273 g/mol. The number of nitrogens with zero attached hydrogens (tertiary/aromatic N) is 1. The molecule has 0 radical (unpaired) electrons. The van der Waals surface area contributed by atoms with Gasteiger partial charge in [-0.25, -0.2) is 0 Å². The van der Waals surface area contributed by atoms with E-state index in [0.717, 1.165) is 17.8 Å². The topological polar surface area (TPSA) is 30.0 Å². The van der Waals surface area contributed by atoms with Gasteiger partial charge in [0.1, 0.15) is 11.1 Å². The Morgan fingerprint density at radius 3 is 2.64 bits per heavy atom. The van der Waals surface area contributed by atoms with Gasteiger partial charge in [0.2, 0.25) is 0 Å². The van der Waals surface area contributed by atoms with Crippen LogP contribution in [0.25, 0.3) is 0 Å². The standard InChI is InChI=1S/C5H2BrCl2NOS/c6-2(1-10)4-3(7)5(8)9-11-4/h1-2H. The molecule has 1 aromatic rings. The third kappa shape index (κ3) is 1.93. The Balaban J connectivity index is 3.03. The quantitative estimate of drug-likeness (QED) is 0.613. The molecule has 0 spiro atoms. The fourth-order valence-corrected chi connectivity index (χ4v) is 2.29. The molecule has 60 valence electrons. The summed E-state index contributed by atoms with van der Waals surface area (Å²) < 4.78 is 3.77. The normalized spacial score (nSPS) is 13.0. The van der Waals surface area contributed by atoms with Crippen molar-refractivity contribution in [1.82, 2.24) is 4.37 Å². The van der Waals surface area contributed by atoms with Crippen molar-refractivity contribution >= 4 is 57.0 Å². The van der Waals surface area contributed by atoms with Crippen molar-refractivity contribution in [3.8, 4) is 0 Å². The molecule has 11 heavy (non-hydrogen) atoms. The number of aldehydes is 1. The van der Waals surface area contributed by atoms with Gasteiger partial charge < -0.3 is 4.79 Å². The summed E-state index contributed by atoms with van der Waals surface area (Å²) in [6.45, 7) is 0. The van der Waals surface area contributed by atoms with Gasteiger partial charge in [0.05, 0.1) is 9.90 Å². The van der Waals surface area contributed by atoms with Crippen molar-refractivity contribution in [3.63, 3.8) is 0 Å². The van der Waals surface area contributed by atoms with Gasteiger partial charge in [0.15, 0.2) is 5.15 Å². The van der Waals surface area contributed by atoms with Crippen molar-refractivity contribution in [2.24, 2.45) is 0 Å². The van der Waals surface area contributed by atoms with Crippen molar-refractivity contribution in [2.45, 2.75) is 4.83 Å². The molecule has 0 aliphatic carbocycles. The van der Waals surface area contributed by atoms with E-state index in [4.69, 9.17) is 23.2 Å². The second-order valence-corrected chi connectivity index (χ2v) is 4.22. The van der Waals surface area contributed by atoms with E-state index in [1.54, 1.807) is 0 Å². The first-order chi connectivity index (χ1) is 5.16. The van der Waals surface area contributed by atoms with Crippen LogP contribution >= 0.6 is 50.7 Å². The molecule has 2 nitrogen and oxygen atoms in total. The number of carbonyl (C=O) groups excluding carboxylic acids is 1. The smallest absolute Gasteiger partial charge is 0.161 e. The maximum Gasteiger partial charge on any atom is 0.161 e. The average molecular weight is 275 g/mol. The molecule has 0 bridgehead atoms. The molecule has 1 atom stereocenters. The first-order valence-corrected chi connectivity index (χ1v) is 5.01. The van der Waals surface area contributed by atoms with Crippen LogP contribution in [-0.4, -0.2) is 10.7 Å². The average Bonchev–Trinajstić information content (AvgIpc) is 2.32. The summed E-state index contributed by atoms with van der Waals surface area (Å²) in [5.41, 5.74) is 0. The molecule has 1 aromatic heterocycles. The van der Waals surface area contributed by atoms with Gasteiger partial charge in [-0.1, -0.05) is 39.1 Å². The lowest BCUT2D eigenvalue weighted by Crippen LogP contribution is -1.85. The first-order valence-electron chi connectivity index (χ1n) is 2.56. The van der Waals surface area contributed by atoms with E-state index in [0.29, 0.717) is 9.90 Å². The molecule has 0 aliphatic heterocycles. The molecule has 0 N–H and O–H groups in total. The second-order valence-electron chi connectivity index (χ2n) is 1.69. The fourth-order valence-electron chi connectivity index (χ4n) is 0.504. The lowest BCUT2D eigenvalue weighted by atomic mass is 10.4. The molecule has 0 amide bonds. The summed E-state index contributed by atoms with van der Waals surface area (Å²) in [5, 5.41) is 0.601. The number of alkyl halides is 1. The number of hydrogen-bond donors (Lipinski definition) is 0. The number of rotatable bonds is 2. The van der Waals surface area contributed by atoms with Crippen LogP contribution in [0.2, 0.25) is 10.2 Å². The minimum Gasteiger partial charge on any atom is -0.302 e. The van der Waals surface area contributed by atoms with Crippen LogP contribution in [0.3, 0.4) is 0 Å². The Bertz CT molecular complexity index is 277. The molecule has 0 aliphatic rings. The zero-order valence-electron chi connectivity index (χ0n) is 5.05. The molecule has 6 heteroatoms. The molecule has 1 rings (SSSR count). The van der Waals surface area contributed by atoms with Crippen molar-refractivity contribution in [1.29, 1.82) is 0 Å². The molecular formula is C5H2BrCl2NOS. The minimum absolute atomic E-state index is 0.248. The van der Waals surface area contributed by atoms with Gasteiger partial charge in [0, 0.05) is 0 Å². The number of halogens is 3. The Labute approximate surface area is 85.8 Å². The van der Waals surface area contributed by atoms with E-state index < -0.39 is 4.83 Å². The van der Waals surface area contributed by atoms with Gasteiger partial charge in [-0.05, 0) is 11.5 Å². The van der Waals surface area contributed by atoms with Gasteiger partial charge in [-0.3, -0.25) is 0 Å². The van der Waals surface area contributed by atoms with Crippen LogP contribution in [0.5, 0.6) is 0 Å². The summed E-state index contributed by atoms with van der Waals surface area (Å²) in [6, 6.07) is 0. The maximum absolute atomic E-state index is 10.3. The maximum atomic E-state index is 10.3. The molecule has 0 saturated heterocycles. The van der Waals surface area contributed by atoms with E-state index in [1.165, 1.54) is 0 Å². The first kappa shape index (κ1) is 9.45. The van der Waals surface area contributed by atoms with Crippen LogP contribution in [0, 0.1) is 0 Å². The van der Waals surface area contributed by atoms with Gasteiger partial charge in [-0.15, -0.1) is 0 Å². The van der Waals surface area contributed by atoms with Crippen LogP contribution < -0.4 is 0 Å². The van der Waals surface area contributed by atoms with E-state index in [1.807, 2.05) is 0 Å². The highest BCUT2D eigenvalue weighted by molar-refractivity contribution is 9.09. The van der Waals surface area contributed by atoms with Gasteiger partial charge >= 0.3 is 0 Å². The summed E-state index contributed by atoms with van der Waals surface area (Å²) in [4.78, 5) is 10.5. The highest BCUT2D eigenvalue weighted by atomic mass is 79.9.